The second-order valence-corrected chi connectivity index (χ2v) is 5.11. The van der Waals surface area contributed by atoms with E-state index in [0.717, 1.165) is 5.56 Å². The molecule has 1 aromatic carbocycles. The van der Waals surface area contributed by atoms with E-state index in [4.69, 9.17) is 4.52 Å². The fraction of sp³-hybridized carbons (Fsp3) is 0.333. The average Bonchev–Trinajstić information content (AvgIpc) is 2.82. The summed E-state index contributed by atoms with van der Waals surface area (Å²) >= 11 is 0. The van der Waals surface area contributed by atoms with E-state index in [2.05, 4.69) is 15.5 Å². The molecule has 0 radical (unpaired) electrons. The van der Waals surface area contributed by atoms with Gasteiger partial charge in [-0.15, -0.1) is 0 Å². The molecule has 1 heterocycles. The molecule has 7 heteroatoms. The number of nitrogens with one attached hydrogen (secondary N) is 1. The molecule has 1 N–H and O–H groups in total. The molecular formula is C15H18N4O3. The Kier molecular flexibility index (Phi) is 4.55. The minimum atomic E-state index is -0.151. The van der Waals surface area contributed by atoms with Gasteiger partial charge in [0.05, 0.1) is 6.54 Å². The van der Waals surface area contributed by atoms with E-state index in [1.807, 2.05) is 6.92 Å². The summed E-state index contributed by atoms with van der Waals surface area (Å²) in [6.07, 6.45) is 0. The minimum absolute atomic E-state index is 0.150. The Bertz CT molecular complexity index is 709. The number of hydrogen-bond acceptors (Lipinski definition) is 5. The Balaban J connectivity index is 2.12. The smallest absolute Gasteiger partial charge is 0.254 e. The van der Waals surface area contributed by atoms with Gasteiger partial charge < -0.3 is 14.7 Å². The zero-order chi connectivity index (χ0) is 16.3. The third kappa shape index (κ3) is 3.69. The lowest BCUT2D eigenvalue weighted by Crippen LogP contribution is -2.27. The van der Waals surface area contributed by atoms with Crippen molar-refractivity contribution in [1.82, 2.24) is 15.0 Å². The first-order valence-electron chi connectivity index (χ1n) is 6.79. The van der Waals surface area contributed by atoms with Gasteiger partial charge in [0.15, 0.2) is 5.82 Å². The topological polar surface area (TPSA) is 88.3 Å². The molecule has 0 bridgehead atoms. The van der Waals surface area contributed by atoms with Crippen molar-refractivity contribution in [3.63, 3.8) is 0 Å². The van der Waals surface area contributed by atoms with Gasteiger partial charge in [0.1, 0.15) is 0 Å². The number of hydrogen-bond donors (Lipinski definition) is 1. The summed E-state index contributed by atoms with van der Waals surface area (Å²) in [6, 6.07) is 5.16. The maximum absolute atomic E-state index is 12.5. The number of nitrogens with zero attached hydrogens (tertiary/aromatic N) is 3. The summed E-state index contributed by atoms with van der Waals surface area (Å²) in [5.74, 6) is 0.623. The van der Waals surface area contributed by atoms with E-state index in [0.29, 0.717) is 23.0 Å². The van der Waals surface area contributed by atoms with Crippen LogP contribution >= 0.6 is 0 Å². The van der Waals surface area contributed by atoms with Gasteiger partial charge in [-0.1, -0.05) is 5.16 Å². The fourth-order valence-corrected chi connectivity index (χ4v) is 2.07. The molecule has 7 nitrogen and oxygen atoms in total. The van der Waals surface area contributed by atoms with Crippen molar-refractivity contribution in [3.8, 4) is 0 Å². The fourth-order valence-electron chi connectivity index (χ4n) is 2.07. The largest absolute Gasteiger partial charge is 0.337 e. The van der Waals surface area contributed by atoms with Gasteiger partial charge in [0.25, 0.3) is 5.91 Å². The first-order chi connectivity index (χ1) is 10.4. The number of amides is 2. The molecule has 1 aromatic heterocycles. The molecular weight excluding hydrogens is 284 g/mol. The first-order valence-corrected chi connectivity index (χ1v) is 6.79. The van der Waals surface area contributed by atoms with Crippen molar-refractivity contribution < 1.29 is 14.1 Å². The maximum atomic E-state index is 12.5. The van der Waals surface area contributed by atoms with Gasteiger partial charge in [-0.2, -0.15) is 4.98 Å². The molecule has 0 spiro atoms. The van der Waals surface area contributed by atoms with Crippen LogP contribution in [0.15, 0.2) is 22.7 Å². The Labute approximate surface area is 128 Å². The minimum Gasteiger partial charge on any atom is -0.337 e. The third-order valence-electron chi connectivity index (χ3n) is 3.07. The van der Waals surface area contributed by atoms with E-state index in [1.54, 1.807) is 32.2 Å². The van der Waals surface area contributed by atoms with Gasteiger partial charge >= 0.3 is 0 Å². The summed E-state index contributed by atoms with van der Waals surface area (Å²) in [7, 11) is 1.67. The molecule has 0 saturated heterocycles. The van der Waals surface area contributed by atoms with Gasteiger partial charge in [-0.05, 0) is 37.6 Å². The first kappa shape index (κ1) is 15.7. The van der Waals surface area contributed by atoms with Crippen LogP contribution in [0.4, 0.5) is 5.69 Å². The molecule has 0 saturated carbocycles. The summed E-state index contributed by atoms with van der Waals surface area (Å²) < 4.78 is 5.01. The number of rotatable bonds is 4. The van der Waals surface area contributed by atoms with Crippen LogP contribution in [0, 0.1) is 13.8 Å². The quantitative estimate of drug-likeness (QED) is 0.932. The Morgan fingerprint density at radius 3 is 2.59 bits per heavy atom. The van der Waals surface area contributed by atoms with Gasteiger partial charge in [-0.25, -0.2) is 0 Å². The Hall–Kier alpha value is -2.70. The highest BCUT2D eigenvalue weighted by atomic mass is 16.5. The molecule has 22 heavy (non-hydrogen) atoms. The predicted octanol–water partition coefficient (Wildman–Crippen LogP) is 1.92. The Morgan fingerprint density at radius 2 is 2.05 bits per heavy atom. The van der Waals surface area contributed by atoms with Crippen LogP contribution in [0.5, 0.6) is 0 Å². The summed E-state index contributed by atoms with van der Waals surface area (Å²) in [5, 5.41) is 6.38. The SMILES string of the molecule is CC(=O)Nc1ccc(C(=O)N(C)Cc2nc(C)no2)c(C)c1. The predicted molar refractivity (Wildman–Crippen MR) is 80.3 cm³/mol. The van der Waals surface area contributed by atoms with E-state index < -0.39 is 0 Å². The van der Waals surface area contributed by atoms with Crippen molar-refractivity contribution >= 4 is 17.5 Å². The molecule has 0 aliphatic heterocycles. The second-order valence-electron chi connectivity index (χ2n) is 5.11. The van der Waals surface area contributed by atoms with Crippen molar-refractivity contribution in [1.29, 1.82) is 0 Å². The highest BCUT2D eigenvalue weighted by molar-refractivity contribution is 5.96. The highest BCUT2D eigenvalue weighted by Crippen LogP contribution is 2.17. The van der Waals surface area contributed by atoms with E-state index in [1.165, 1.54) is 11.8 Å². The average molecular weight is 302 g/mol. The molecule has 0 aliphatic carbocycles. The number of carbonyl (C=O) groups excluding carboxylic acids is 2. The van der Waals surface area contributed by atoms with Crippen LogP contribution in [0.3, 0.4) is 0 Å². The standard InChI is InChI=1S/C15H18N4O3/c1-9-7-12(17-11(3)20)5-6-13(9)15(21)19(4)8-14-16-10(2)18-22-14/h5-7H,8H2,1-4H3,(H,17,20). The van der Waals surface area contributed by atoms with Crippen LogP contribution in [0.2, 0.25) is 0 Å². The molecule has 0 aliphatic rings. The lowest BCUT2D eigenvalue weighted by molar-refractivity contribution is -0.114. The zero-order valence-electron chi connectivity index (χ0n) is 13.0. The van der Waals surface area contributed by atoms with Gasteiger partial charge in [0, 0.05) is 25.2 Å². The summed E-state index contributed by atoms with van der Waals surface area (Å²) in [4.78, 5) is 29.1. The van der Waals surface area contributed by atoms with E-state index in [-0.39, 0.29) is 18.4 Å². The molecule has 2 rings (SSSR count). The van der Waals surface area contributed by atoms with Crippen LogP contribution in [0.25, 0.3) is 0 Å². The molecule has 0 atom stereocenters. The van der Waals surface area contributed by atoms with Gasteiger partial charge in [0.2, 0.25) is 11.8 Å². The normalized spacial score (nSPS) is 10.4. The highest BCUT2D eigenvalue weighted by Gasteiger charge is 2.17. The lowest BCUT2D eigenvalue weighted by Gasteiger charge is -2.16. The van der Waals surface area contributed by atoms with Crippen LogP contribution in [-0.4, -0.2) is 33.9 Å². The van der Waals surface area contributed by atoms with E-state index in [9.17, 15) is 9.59 Å². The van der Waals surface area contributed by atoms with Crippen molar-refractivity contribution in [2.24, 2.45) is 0 Å². The second kappa shape index (κ2) is 6.38. The summed E-state index contributed by atoms with van der Waals surface area (Å²) in [6.45, 7) is 5.23. The number of aryl methyl sites for hydroxylation is 2. The van der Waals surface area contributed by atoms with E-state index >= 15 is 0 Å². The Morgan fingerprint density at radius 1 is 1.32 bits per heavy atom. The zero-order valence-corrected chi connectivity index (χ0v) is 13.0. The number of carbonyl (C=O) groups is 2. The summed E-state index contributed by atoms with van der Waals surface area (Å²) in [5.41, 5.74) is 2.01. The molecule has 0 unspecified atom stereocenters. The van der Waals surface area contributed by atoms with Crippen molar-refractivity contribution in [2.75, 3.05) is 12.4 Å². The van der Waals surface area contributed by atoms with Crippen LogP contribution in [0.1, 0.15) is 34.6 Å². The number of aromatic nitrogens is 2. The number of benzene rings is 1. The van der Waals surface area contributed by atoms with Crippen molar-refractivity contribution in [3.05, 3.63) is 41.0 Å². The van der Waals surface area contributed by atoms with Gasteiger partial charge in [-0.3, -0.25) is 9.59 Å². The monoisotopic (exact) mass is 302 g/mol. The van der Waals surface area contributed by atoms with Crippen molar-refractivity contribution in [2.45, 2.75) is 27.3 Å². The molecule has 0 fully saturated rings. The van der Waals surface area contributed by atoms with Crippen LogP contribution in [-0.2, 0) is 11.3 Å². The molecule has 2 aromatic rings. The lowest BCUT2D eigenvalue weighted by atomic mass is 10.1. The number of anilines is 1. The third-order valence-corrected chi connectivity index (χ3v) is 3.07. The van der Waals surface area contributed by atoms with Crippen LogP contribution < -0.4 is 5.32 Å². The molecule has 2 amide bonds. The maximum Gasteiger partial charge on any atom is 0.254 e. The molecule has 116 valence electrons.